The molecular weight excluding hydrogens is 410 g/mol. The van der Waals surface area contributed by atoms with Crippen molar-refractivity contribution in [3.05, 3.63) is 57.0 Å². The van der Waals surface area contributed by atoms with E-state index in [1.54, 1.807) is 11.3 Å². The summed E-state index contributed by atoms with van der Waals surface area (Å²) in [6.07, 6.45) is 3.54. The number of nitrogens with one attached hydrogen (secondary N) is 1. The van der Waals surface area contributed by atoms with Crippen LogP contribution in [0, 0.1) is 5.92 Å². The first-order chi connectivity index (χ1) is 15.0. The molecule has 0 saturated heterocycles. The van der Waals surface area contributed by atoms with Gasteiger partial charge in [-0.2, -0.15) is 0 Å². The molecule has 0 amide bonds. The number of fused-ring (bicyclic) bond motifs is 3. The van der Waals surface area contributed by atoms with Crippen LogP contribution in [-0.2, 0) is 19.4 Å². The van der Waals surface area contributed by atoms with Gasteiger partial charge in [0.25, 0.3) is 5.56 Å². The van der Waals surface area contributed by atoms with Crippen LogP contribution < -0.4 is 10.3 Å². The Labute approximate surface area is 186 Å². The van der Waals surface area contributed by atoms with Gasteiger partial charge < -0.3 is 14.8 Å². The predicted molar refractivity (Wildman–Crippen MR) is 125 cm³/mol. The fourth-order valence-corrected chi connectivity index (χ4v) is 5.35. The van der Waals surface area contributed by atoms with Gasteiger partial charge in [-0.1, -0.05) is 32.0 Å². The van der Waals surface area contributed by atoms with E-state index in [0.29, 0.717) is 24.8 Å². The standard InChI is InChI=1S/C24H31N3O3S/c1-16(2)11-12-27(13-17(28)15-30-18-7-4-3-5-8-18)14-21-25-23(29)22-19-9-6-10-20(19)31-24(22)26-21/h3-5,7-8,16-17,28H,6,9-15H2,1-2H3,(H,25,26,29)/t17-/m1/s1. The highest BCUT2D eigenvalue weighted by atomic mass is 32.1. The monoisotopic (exact) mass is 441 g/mol. The molecule has 7 heteroatoms. The maximum absolute atomic E-state index is 12.8. The Bertz CT molecular complexity index is 1060. The number of ether oxygens (including phenoxy) is 1. The number of aromatic nitrogens is 2. The van der Waals surface area contributed by atoms with Crippen molar-refractivity contribution in [3.8, 4) is 5.75 Å². The first kappa shape index (κ1) is 22.0. The van der Waals surface area contributed by atoms with Crippen LogP contribution in [0.5, 0.6) is 5.75 Å². The van der Waals surface area contributed by atoms with Crippen molar-refractivity contribution >= 4 is 21.6 Å². The summed E-state index contributed by atoms with van der Waals surface area (Å²) < 4.78 is 5.71. The number of thiophene rings is 1. The maximum atomic E-state index is 12.8. The number of aromatic amines is 1. The van der Waals surface area contributed by atoms with Gasteiger partial charge in [-0.15, -0.1) is 11.3 Å². The minimum Gasteiger partial charge on any atom is -0.491 e. The maximum Gasteiger partial charge on any atom is 0.259 e. The van der Waals surface area contributed by atoms with Crippen molar-refractivity contribution in [2.75, 3.05) is 19.7 Å². The van der Waals surface area contributed by atoms with Gasteiger partial charge in [0, 0.05) is 11.4 Å². The third-order valence-electron chi connectivity index (χ3n) is 5.67. The van der Waals surface area contributed by atoms with Crippen molar-refractivity contribution in [3.63, 3.8) is 0 Å². The third kappa shape index (κ3) is 5.53. The summed E-state index contributed by atoms with van der Waals surface area (Å²) >= 11 is 1.66. The van der Waals surface area contributed by atoms with E-state index in [1.807, 2.05) is 30.3 Å². The highest BCUT2D eigenvalue weighted by molar-refractivity contribution is 7.18. The average molecular weight is 442 g/mol. The molecule has 3 aromatic rings. The number of aliphatic hydroxyl groups excluding tert-OH is 1. The molecule has 0 saturated carbocycles. The van der Waals surface area contributed by atoms with Crippen LogP contribution in [0.25, 0.3) is 10.2 Å². The molecule has 6 nitrogen and oxygen atoms in total. The molecule has 1 aliphatic rings. The summed E-state index contributed by atoms with van der Waals surface area (Å²) in [6.45, 7) is 6.38. The third-order valence-corrected chi connectivity index (χ3v) is 6.86. The number of hydrogen-bond acceptors (Lipinski definition) is 6. The number of para-hydroxylation sites is 1. The Balaban J connectivity index is 1.45. The molecule has 0 radical (unpaired) electrons. The van der Waals surface area contributed by atoms with Gasteiger partial charge in [-0.25, -0.2) is 4.98 Å². The lowest BCUT2D eigenvalue weighted by Crippen LogP contribution is -2.37. The molecule has 0 spiro atoms. The Morgan fingerprint density at radius 3 is 2.84 bits per heavy atom. The second kappa shape index (κ2) is 9.94. The fourth-order valence-electron chi connectivity index (χ4n) is 4.07. The molecule has 0 unspecified atom stereocenters. The van der Waals surface area contributed by atoms with Crippen LogP contribution in [0.4, 0.5) is 0 Å². The second-order valence-corrected chi connectivity index (χ2v) is 9.83. The van der Waals surface area contributed by atoms with Gasteiger partial charge in [0.2, 0.25) is 0 Å². The van der Waals surface area contributed by atoms with Crippen LogP contribution in [0.2, 0.25) is 0 Å². The summed E-state index contributed by atoms with van der Waals surface area (Å²) in [5.41, 5.74) is 1.17. The Hall–Kier alpha value is -2.22. The Morgan fingerprint density at radius 2 is 2.06 bits per heavy atom. The topological polar surface area (TPSA) is 78.5 Å². The lowest BCUT2D eigenvalue weighted by molar-refractivity contribution is 0.0631. The Morgan fingerprint density at radius 1 is 1.26 bits per heavy atom. The number of aliphatic hydroxyl groups is 1. The van der Waals surface area contributed by atoms with E-state index in [0.717, 1.165) is 48.2 Å². The zero-order chi connectivity index (χ0) is 21.8. The van der Waals surface area contributed by atoms with E-state index in [4.69, 9.17) is 9.72 Å². The molecule has 2 aromatic heterocycles. The molecule has 0 bridgehead atoms. The van der Waals surface area contributed by atoms with Gasteiger partial charge >= 0.3 is 0 Å². The number of aryl methyl sites for hydroxylation is 2. The average Bonchev–Trinajstić information content (AvgIpc) is 3.32. The van der Waals surface area contributed by atoms with Crippen LogP contribution in [-0.4, -0.2) is 45.8 Å². The van der Waals surface area contributed by atoms with Crippen molar-refractivity contribution in [2.24, 2.45) is 5.92 Å². The van der Waals surface area contributed by atoms with Crippen molar-refractivity contribution in [1.82, 2.24) is 14.9 Å². The zero-order valence-corrected chi connectivity index (χ0v) is 19.1. The van der Waals surface area contributed by atoms with Gasteiger partial charge in [0.05, 0.1) is 11.9 Å². The van der Waals surface area contributed by atoms with E-state index in [9.17, 15) is 9.90 Å². The molecule has 0 aliphatic heterocycles. The van der Waals surface area contributed by atoms with Crippen LogP contribution in [0.1, 0.15) is 43.0 Å². The molecule has 1 aromatic carbocycles. The number of hydrogen-bond donors (Lipinski definition) is 2. The van der Waals surface area contributed by atoms with Gasteiger partial charge in [-0.05, 0) is 55.8 Å². The predicted octanol–water partition coefficient (Wildman–Crippen LogP) is 3.76. The molecule has 1 atom stereocenters. The van der Waals surface area contributed by atoms with Crippen molar-refractivity contribution < 1.29 is 9.84 Å². The molecule has 166 valence electrons. The summed E-state index contributed by atoms with van der Waals surface area (Å²) in [5.74, 6) is 1.96. The molecule has 31 heavy (non-hydrogen) atoms. The molecular formula is C24H31N3O3S. The largest absolute Gasteiger partial charge is 0.491 e. The minimum absolute atomic E-state index is 0.0313. The smallest absolute Gasteiger partial charge is 0.259 e. The van der Waals surface area contributed by atoms with Crippen LogP contribution in [0.15, 0.2) is 35.1 Å². The minimum atomic E-state index is -0.631. The molecule has 4 rings (SSSR count). The first-order valence-corrected chi connectivity index (χ1v) is 11.9. The molecule has 0 fully saturated rings. The van der Waals surface area contributed by atoms with Gasteiger partial charge in [0.1, 0.15) is 29.1 Å². The molecule has 2 heterocycles. The van der Waals surface area contributed by atoms with Gasteiger partial charge in [0.15, 0.2) is 0 Å². The van der Waals surface area contributed by atoms with Crippen LogP contribution >= 0.6 is 11.3 Å². The van der Waals surface area contributed by atoms with Crippen LogP contribution in [0.3, 0.4) is 0 Å². The summed E-state index contributed by atoms with van der Waals surface area (Å²) in [7, 11) is 0. The highest BCUT2D eigenvalue weighted by Crippen LogP contribution is 2.34. The normalized spacial score (nSPS) is 14.5. The fraction of sp³-hybridized carbons (Fsp3) is 0.500. The number of rotatable bonds is 10. The van der Waals surface area contributed by atoms with Crippen molar-refractivity contribution in [2.45, 2.75) is 52.2 Å². The van der Waals surface area contributed by atoms with Crippen molar-refractivity contribution in [1.29, 1.82) is 0 Å². The lowest BCUT2D eigenvalue weighted by atomic mass is 10.1. The quantitative estimate of drug-likeness (QED) is 0.501. The summed E-state index contributed by atoms with van der Waals surface area (Å²) in [4.78, 5) is 24.9. The zero-order valence-electron chi connectivity index (χ0n) is 18.3. The number of H-pyrrole nitrogens is 1. The second-order valence-electron chi connectivity index (χ2n) is 8.75. The van der Waals surface area contributed by atoms with E-state index >= 15 is 0 Å². The van der Waals surface area contributed by atoms with Gasteiger partial charge in [-0.3, -0.25) is 9.69 Å². The Kier molecular flexibility index (Phi) is 7.05. The van der Waals surface area contributed by atoms with E-state index in [1.165, 1.54) is 10.4 Å². The van der Waals surface area contributed by atoms with E-state index in [2.05, 4.69) is 23.7 Å². The number of nitrogens with zero attached hydrogens (tertiary/aromatic N) is 2. The molecule has 1 aliphatic carbocycles. The van der Waals surface area contributed by atoms with E-state index < -0.39 is 6.10 Å². The first-order valence-electron chi connectivity index (χ1n) is 11.1. The number of benzene rings is 1. The summed E-state index contributed by atoms with van der Waals surface area (Å²) in [6, 6.07) is 9.52. The molecule has 2 N–H and O–H groups in total. The summed E-state index contributed by atoms with van der Waals surface area (Å²) in [5, 5.41) is 11.4. The SMILES string of the molecule is CC(C)CCN(Cc1nc2sc3c(c2c(=O)[nH]1)CCC3)C[C@@H](O)COc1ccccc1. The lowest BCUT2D eigenvalue weighted by Gasteiger charge is -2.25. The highest BCUT2D eigenvalue weighted by Gasteiger charge is 2.22. The van der Waals surface area contributed by atoms with E-state index in [-0.39, 0.29) is 12.2 Å².